The molecule has 0 saturated carbocycles. The summed E-state index contributed by atoms with van der Waals surface area (Å²) in [6.45, 7) is 0. The van der Waals surface area contributed by atoms with Crippen LogP contribution in [-0.2, 0) is 10.0 Å². The van der Waals surface area contributed by atoms with E-state index in [2.05, 4.69) is 5.14 Å². The highest BCUT2D eigenvalue weighted by atomic mass is 32.2. The van der Waals surface area contributed by atoms with E-state index >= 15 is 0 Å². The highest BCUT2D eigenvalue weighted by Crippen LogP contribution is 2.22. The topological polar surface area (TPSA) is 136 Å². The van der Waals surface area contributed by atoms with Gasteiger partial charge >= 0.3 is 5.82 Å². The molecule has 0 aromatic carbocycles. The van der Waals surface area contributed by atoms with Gasteiger partial charge in [0.2, 0.25) is 10.5 Å². The molecule has 0 aliphatic rings. The Morgan fingerprint density at radius 1 is 1.47 bits per heavy atom. The van der Waals surface area contributed by atoms with Crippen molar-refractivity contribution in [2.75, 3.05) is 0 Å². The Morgan fingerprint density at radius 2 is 2.00 bits per heavy atom. The van der Waals surface area contributed by atoms with Crippen LogP contribution in [0.1, 0.15) is 12.0 Å². The molecule has 1 heterocycles. The molecule has 0 atom stereocenters. The van der Waals surface area contributed by atoms with E-state index in [1.807, 2.05) is 0 Å². The van der Waals surface area contributed by atoms with E-state index in [-0.39, 0.29) is 6.07 Å². The van der Waals surface area contributed by atoms with Crippen LogP contribution in [0.25, 0.3) is 0 Å². The third-order valence-corrected chi connectivity index (χ3v) is 2.61. The first kappa shape index (κ1) is 13.2. The average Bonchev–Trinajstić information content (AvgIpc) is 2.14. The summed E-state index contributed by atoms with van der Waals surface area (Å²) in [5.74, 6) is -1.04. The summed E-state index contributed by atoms with van der Waals surface area (Å²) in [6, 6.07) is 0.260. The van der Waals surface area contributed by atoms with Gasteiger partial charge in [0.15, 0.2) is 0 Å². The number of hydrogen-bond acceptors (Lipinski definition) is 5. The molecule has 1 rings (SSSR count). The van der Waals surface area contributed by atoms with Crippen LogP contribution >= 0.6 is 0 Å². The number of aromatic amines is 1. The van der Waals surface area contributed by atoms with E-state index in [0.717, 1.165) is 0 Å². The van der Waals surface area contributed by atoms with Gasteiger partial charge in [0.1, 0.15) is 5.56 Å². The SMILES string of the molecule is NS(=O)(=O)c1[nH]c([N+](=O)[O-])cc(=O)c1C(F)F. The summed E-state index contributed by atoms with van der Waals surface area (Å²) < 4.78 is 46.8. The molecule has 1 aromatic rings. The molecule has 0 radical (unpaired) electrons. The lowest BCUT2D eigenvalue weighted by Crippen LogP contribution is -2.23. The van der Waals surface area contributed by atoms with Crippen molar-refractivity contribution < 1.29 is 22.1 Å². The van der Waals surface area contributed by atoms with Crippen LogP contribution in [-0.4, -0.2) is 18.3 Å². The molecular formula is C6H5F2N3O5S. The van der Waals surface area contributed by atoms with Crippen LogP contribution in [0.2, 0.25) is 0 Å². The molecule has 0 bridgehead atoms. The molecule has 1 aromatic heterocycles. The van der Waals surface area contributed by atoms with Crippen molar-refractivity contribution in [1.82, 2.24) is 4.98 Å². The van der Waals surface area contributed by atoms with Gasteiger partial charge in [0, 0.05) is 0 Å². The molecule has 11 heteroatoms. The lowest BCUT2D eigenvalue weighted by Gasteiger charge is -2.03. The molecular weight excluding hydrogens is 264 g/mol. The molecule has 0 aliphatic heterocycles. The van der Waals surface area contributed by atoms with Gasteiger partial charge in [-0.05, 0) is 4.92 Å². The third kappa shape index (κ3) is 2.62. The first-order chi connectivity index (χ1) is 7.64. The number of rotatable bonds is 3. The number of hydrogen-bond donors (Lipinski definition) is 2. The number of H-pyrrole nitrogens is 1. The zero-order valence-corrected chi connectivity index (χ0v) is 8.70. The van der Waals surface area contributed by atoms with Crippen LogP contribution in [0.3, 0.4) is 0 Å². The van der Waals surface area contributed by atoms with Gasteiger partial charge < -0.3 is 10.1 Å². The second-order valence-corrected chi connectivity index (χ2v) is 4.36. The Bertz CT molecular complexity index is 623. The summed E-state index contributed by atoms with van der Waals surface area (Å²) in [5.41, 5.74) is -2.90. The first-order valence-electron chi connectivity index (χ1n) is 3.87. The van der Waals surface area contributed by atoms with Gasteiger partial charge in [-0.2, -0.15) is 0 Å². The predicted octanol–water partition coefficient (Wildman–Crippen LogP) is -0.132. The predicted molar refractivity (Wildman–Crippen MR) is 50.0 cm³/mol. The summed E-state index contributed by atoms with van der Waals surface area (Å²) in [6.07, 6.45) is -3.42. The fourth-order valence-corrected chi connectivity index (χ4v) is 1.81. The van der Waals surface area contributed by atoms with Crippen molar-refractivity contribution in [3.63, 3.8) is 0 Å². The monoisotopic (exact) mass is 269 g/mol. The van der Waals surface area contributed by atoms with Crippen molar-refractivity contribution in [3.05, 3.63) is 32.0 Å². The Morgan fingerprint density at radius 3 is 2.35 bits per heavy atom. The summed E-state index contributed by atoms with van der Waals surface area (Å²) in [7, 11) is -4.70. The quantitative estimate of drug-likeness (QED) is 0.581. The van der Waals surface area contributed by atoms with E-state index in [9.17, 15) is 32.1 Å². The number of alkyl halides is 2. The van der Waals surface area contributed by atoms with Gasteiger partial charge in [-0.25, -0.2) is 27.3 Å². The standard InChI is InChI=1S/C6H5F2N3O5S/c7-5(8)4-2(12)1-3(11(13)14)10-6(4)17(9,15)16/h1,5H,(H,10,12)(H2,9,15,16). The third-order valence-electron chi connectivity index (χ3n) is 1.72. The number of nitrogens with one attached hydrogen (secondary N) is 1. The number of nitro groups is 1. The van der Waals surface area contributed by atoms with Gasteiger partial charge in [0.25, 0.3) is 16.4 Å². The molecule has 0 saturated heterocycles. The van der Waals surface area contributed by atoms with Gasteiger partial charge in [-0.3, -0.25) is 4.79 Å². The maximum absolute atomic E-state index is 12.4. The minimum Gasteiger partial charge on any atom is -0.358 e. The Hall–Kier alpha value is -1.88. The summed E-state index contributed by atoms with van der Waals surface area (Å²) >= 11 is 0. The second-order valence-electron chi connectivity index (χ2n) is 2.86. The summed E-state index contributed by atoms with van der Waals surface area (Å²) in [4.78, 5) is 21.9. The fourth-order valence-electron chi connectivity index (χ4n) is 1.06. The van der Waals surface area contributed by atoms with Crippen molar-refractivity contribution in [2.45, 2.75) is 11.5 Å². The van der Waals surface area contributed by atoms with Crippen LogP contribution < -0.4 is 10.6 Å². The van der Waals surface area contributed by atoms with Crippen LogP contribution in [0.4, 0.5) is 14.6 Å². The van der Waals surface area contributed by atoms with Crippen LogP contribution in [0.5, 0.6) is 0 Å². The zero-order chi connectivity index (χ0) is 13.4. The minimum atomic E-state index is -4.70. The molecule has 0 aliphatic carbocycles. The normalized spacial score (nSPS) is 11.8. The van der Waals surface area contributed by atoms with E-state index in [4.69, 9.17) is 0 Å². The molecule has 3 N–H and O–H groups in total. The zero-order valence-electron chi connectivity index (χ0n) is 7.88. The Balaban J connectivity index is 3.76. The maximum atomic E-state index is 12.4. The van der Waals surface area contributed by atoms with Crippen LogP contribution in [0.15, 0.2) is 15.9 Å². The number of pyridine rings is 1. The number of halogens is 2. The number of sulfonamides is 1. The van der Waals surface area contributed by atoms with E-state index in [1.54, 1.807) is 4.98 Å². The fraction of sp³-hybridized carbons (Fsp3) is 0.167. The minimum absolute atomic E-state index is 0.260. The molecule has 94 valence electrons. The van der Waals surface area contributed by atoms with Crippen molar-refractivity contribution >= 4 is 15.8 Å². The largest absolute Gasteiger partial charge is 0.358 e. The maximum Gasteiger partial charge on any atom is 0.325 e. The van der Waals surface area contributed by atoms with Gasteiger partial charge in [-0.15, -0.1) is 0 Å². The number of nitrogens with zero attached hydrogens (tertiary/aromatic N) is 1. The second kappa shape index (κ2) is 4.18. The molecule has 0 spiro atoms. The molecule has 0 fully saturated rings. The van der Waals surface area contributed by atoms with Crippen molar-refractivity contribution in [2.24, 2.45) is 5.14 Å². The van der Waals surface area contributed by atoms with Gasteiger partial charge in [-0.1, -0.05) is 0 Å². The molecule has 0 amide bonds. The van der Waals surface area contributed by atoms with Gasteiger partial charge in [0.05, 0.1) is 6.07 Å². The van der Waals surface area contributed by atoms with E-state index in [0.29, 0.717) is 0 Å². The molecule has 17 heavy (non-hydrogen) atoms. The smallest absolute Gasteiger partial charge is 0.325 e. The van der Waals surface area contributed by atoms with Crippen molar-refractivity contribution in [3.8, 4) is 0 Å². The van der Waals surface area contributed by atoms with Crippen LogP contribution in [0, 0.1) is 10.1 Å². The molecule has 0 unspecified atom stereocenters. The average molecular weight is 269 g/mol. The Kier molecular flexibility index (Phi) is 3.24. The highest BCUT2D eigenvalue weighted by Gasteiger charge is 2.30. The lowest BCUT2D eigenvalue weighted by atomic mass is 10.3. The van der Waals surface area contributed by atoms with Crippen molar-refractivity contribution in [1.29, 1.82) is 0 Å². The highest BCUT2D eigenvalue weighted by molar-refractivity contribution is 7.89. The lowest BCUT2D eigenvalue weighted by molar-refractivity contribution is -0.390. The van der Waals surface area contributed by atoms with E-state index in [1.165, 1.54) is 0 Å². The molecule has 8 nitrogen and oxygen atoms in total. The first-order valence-corrected chi connectivity index (χ1v) is 5.41. The summed E-state index contributed by atoms with van der Waals surface area (Å²) in [5, 5.41) is 13.6. The number of aromatic nitrogens is 1. The Labute approximate surface area is 92.3 Å². The number of primary sulfonamides is 1. The van der Waals surface area contributed by atoms with E-state index < -0.39 is 43.2 Å². The number of nitrogens with two attached hydrogens (primary N) is 1.